The number of aromatic nitrogens is 1. The molecule has 6 nitrogen and oxygen atoms in total. The highest BCUT2D eigenvalue weighted by atomic mass is 16.5. The van der Waals surface area contributed by atoms with E-state index >= 15 is 0 Å². The Morgan fingerprint density at radius 3 is 2.81 bits per heavy atom. The number of methoxy groups -OCH3 is 2. The number of benzene rings is 1. The quantitative estimate of drug-likeness (QED) is 0.732. The molecule has 0 bridgehead atoms. The standard InChI is InChI=1S/C21H30N4O2/c1-24(12-13-26-2)21-9-8-17(15-23-21)14-22-18-10-11-25(16-18)19-6-4-5-7-20(19)27-3/h4-9,15,18,22H,10-14,16H2,1-3H3/t18-/m1/s1. The fourth-order valence-electron chi connectivity index (χ4n) is 3.39. The van der Waals surface area contributed by atoms with Gasteiger partial charge in [-0.2, -0.15) is 0 Å². The maximum atomic E-state index is 5.50. The molecule has 0 saturated carbocycles. The third kappa shape index (κ3) is 5.11. The highest BCUT2D eigenvalue weighted by Gasteiger charge is 2.24. The number of nitrogens with zero attached hydrogens (tertiary/aromatic N) is 3. The summed E-state index contributed by atoms with van der Waals surface area (Å²) >= 11 is 0. The van der Waals surface area contributed by atoms with Crippen molar-refractivity contribution < 1.29 is 9.47 Å². The summed E-state index contributed by atoms with van der Waals surface area (Å²) < 4.78 is 10.6. The van der Waals surface area contributed by atoms with E-state index in [0.29, 0.717) is 12.6 Å². The van der Waals surface area contributed by atoms with Gasteiger partial charge >= 0.3 is 0 Å². The molecule has 0 radical (unpaired) electrons. The van der Waals surface area contributed by atoms with E-state index in [4.69, 9.17) is 9.47 Å². The van der Waals surface area contributed by atoms with Crippen LogP contribution in [0.3, 0.4) is 0 Å². The zero-order valence-electron chi connectivity index (χ0n) is 16.5. The first-order valence-corrected chi connectivity index (χ1v) is 9.47. The lowest BCUT2D eigenvalue weighted by Gasteiger charge is -2.21. The predicted octanol–water partition coefficient (Wildman–Crippen LogP) is 2.54. The van der Waals surface area contributed by atoms with Gasteiger partial charge in [0.05, 0.1) is 19.4 Å². The van der Waals surface area contributed by atoms with Crippen molar-refractivity contribution in [3.63, 3.8) is 0 Å². The molecular weight excluding hydrogens is 340 g/mol. The number of para-hydroxylation sites is 2. The highest BCUT2D eigenvalue weighted by molar-refractivity contribution is 5.59. The van der Waals surface area contributed by atoms with E-state index in [9.17, 15) is 0 Å². The number of hydrogen-bond acceptors (Lipinski definition) is 6. The number of pyridine rings is 1. The number of ether oxygens (including phenoxy) is 2. The highest BCUT2D eigenvalue weighted by Crippen LogP contribution is 2.30. The van der Waals surface area contributed by atoms with Gasteiger partial charge in [-0.3, -0.25) is 0 Å². The van der Waals surface area contributed by atoms with Gasteiger partial charge in [-0.15, -0.1) is 0 Å². The number of likely N-dealkylation sites (N-methyl/N-ethyl adjacent to an activating group) is 1. The van der Waals surface area contributed by atoms with E-state index in [2.05, 4.69) is 44.4 Å². The molecule has 0 unspecified atom stereocenters. The second-order valence-electron chi connectivity index (χ2n) is 6.92. The normalized spacial score (nSPS) is 16.6. The average molecular weight is 370 g/mol. The van der Waals surface area contributed by atoms with Crippen LogP contribution in [0.15, 0.2) is 42.6 Å². The minimum atomic E-state index is 0.471. The molecule has 2 aromatic rings. The predicted molar refractivity (Wildman–Crippen MR) is 110 cm³/mol. The van der Waals surface area contributed by atoms with E-state index in [0.717, 1.165) is 44.2 Å². The van der Waals surface area contributed by atoms with Crippen LogP contribution >= 0.6 is 0 Å². The van der Waals surface area contributed by atoms with E-state index in [1.807, 2.05) is 25.4 Å². The van der Waals surface area contributed by atoms with Gasteiger partial charge in [0, 0.05) is 52.6 Å². The Kier molecular flexibility index (Phi) is 6.90. The summed E-state index contributed by atoms with van der Waals surface area (Å²) in [4.78, 5) is 9.06. The van der Waals surface area contributed by atoms with Gasteiger partial charge in [-0.05, 0) is 30.2 Å². The van der Waals surface area contributed by atoms with Crippen LogP contribution < -0.4 is 19.9 Å². The molecule has 1 N–H and O–H groups in total. The lowest BCUT2D eigenvalue weighted by atomic mass is 10.2. The molecule has 1 fully saturated rings. The summed E-state index contributed by atoms with van der Waals surface area (Å²) in [6, 6.07) is 12.9. The Labute approximate surface area is 162 Å². The molecule has 6 heteroatoms. The number of hydrogen-bond donors (Lipinski definition) is 1. The zero-order chi connectivity index (χ0) is 19.1. The minimum Gasteiger partial charge on any atom is -0.495 e. The molecule has 1 aliphatic rings. The Balaban J connectivity index is 1.49. The van der Waals surface area contributed by atoms with Crippen LogP contribution in [0.5, 0.6) is 5.75 Å². The molecule has 1 aliphatic heterocycles. The topological polar surface area (TPSA) is 49.9 Å². The van der Waals surface area contributed by atoms with E-state index in [1.54, 1.807) is 14.2 Å². The molecular formula is C21H30N4O2. The number of rotatable bonds is 9. The van der Waals surface area contributed by atoms with Gasteiger partial charge < -0.3 is 24.6 Å². The van der Waals surface area contributed by atoms with Crippen molar-refractivity contribution in [3.8, 4) is 5.75 Å². The lowest BCUT2D eigenvalue weighted by molar-refractivity contribution is 0.206. The first-order chi connectivity index (χ1) is 13.2. The Hall–Kier alpha value is -2.31. The average Bonchev–Trinajstić information content (AvgIpc) is 3.19. The molecule has 0 aliphatic carbocycles. The molecule has 1 aromatic heterocycles. The van der Waals surface area contributed by atoms with Crippen LogP contribution in [0, 0.1) is 0 Å². The summed E-state index contributed by atoms with van der Waals surface area (Å²) in [5.41, 5.74) is 2.38. The summed E-state index contributed by atoms with van der Waals surface area (Å²) in [6.45, 7) is 4.40. The van der Waals surface area contributed by atoms with Crippen molar-refractivity contribution in [2.75, 3.05) is 57.3 Å². The maximum absolute atomic E-state index is 5.50. The molecule has 0 amide bonds. The molecule has 1 saturated heterocycles. The first-order valence-electron chi connectivity index (χ1n) is 9.47. The van der Waals surface area contributed by atoms with Gasteiger partial charge in [-0.1, -0.05) is 18.2 Å². The largest absolute Gasteiger partial charge is 0.495 e. The van der Waals surface area contributed by atoms with Gasteiger partial charge in [-0.25, -0.2) is 4.98 Å². The van der Waals surface area contributed by atoms with E-state index in [-0.39, 0.29) is 0 Å². The third-order valence-corrected chi connectivity index (χ3v) is 5.04. The van der Waals surface area contributed by atoms with Crippen molar-refractivity contribution in [2.45, 2.75) is 19.0 Å². The summed E-state index contributed by atoms with van der Waals surface area (Å²) in [5.74, 6) is 1.91. The van der Waals surface area contributed by atoms with Gasteiger partial charge in [0.1, 0.15) is 11.6 Å². The fourth-order valence-corrected chi connectivity index (χ4v) is 3.39. The maximum Gasteiger partial charge on any atom is 0.142 e. The van der Waals surface area contributed by atoms with Crippen LogP contribution in [0.4, 0.5) is 11.5 Å². The van der Waals surface area contributed by atoms with Crippen molar-refractivity contribution >= 4 is 11.5 Å². The Morgan fingerprint density at radius 2 is 2.07 bits per heavy atom. The monoisotopic (exact) mass is 370 g/mol. The fraction of sp³-hybridized carbons (Fsp3) is 0.476. The van der Waals surface area contributed by atoms with Gasteiger partial charge in [0.25, 0.3) is 0 Å². The van der Waals surface area contributed by atoms with Crippen molar-refractivity contribution in [2.24, 2.45) is 0 Å². The third-order valence-electron chi connectivity index (χ3n) is 5.04. The zero-order valence-corrected chi connectivity index (χ0v) is 16.5. The molecule has 1 atom stereocenters. The molecule has 0 spiro atoms. The van der Waals surface area contributed by atoms with Crippen LogP contribution in [-0.2, 0) is 11.3 Å². The SMILES string of the molecule is COCCN(C)c1ccc(CN[C@@H]2CCN(c3ccccc3OC)C2)cn1. The first kappa shape index (κ1) is 19.5. The van der Waals surface area contributed by atoms with Crippen LogP contribution in [-0.4, -0.2) is 58.5 Å². The summed E-state index contributed by atoms with van der Waals surface area (Å²) in [7, 11) is 5.48. The summed E-state index contributed by atoms with van der Waals surface area (Å²) in [5, 5.41) is 3.66. The number of anilines is 2. The Morgan fingerprint density at radius 1 is 1.22 bits per heavy atom. The molecule has 27 heavy (non-hydrogen) atoms. The van der Waals surface area contributed by atoms with Crippen molar-refractivity contribution in [1.29, 1.82) is 0 Å². The number of nitrogens with one attached hydrogen (secondary N) is 1. The van der Waals surface area contributed by atoms with E-state index < -0.39 is 0 Å². The van der Waals surface area contributed by atoms with Crippen LogP contribution in [0.2, 0.25) is 0 Å². The lowest BCUT2D eigenvalue weighted by Crippen LogP contribution is -2.32. The smallest absolute Gasteiger partial charge is 0.142 e. The summed E-state index contributed by atoms with van der Waals surface area (Å²) in [6.07, 6.45) is 3.09. The second-order valence-corrected chi connectivity index (χ2v) is 6.92. The van der Waals surface area contributed by atoms with Crippen molar-refractivity contribution in [3.05, 3.63) is 48.2 Å². The van der Waals surface area contributed by atoms with Crippen LogP contribution in [0.1, 0.15) is 12.0 Å². The van der Waals surface area contributed by atoms with Gasteiger partial charge in [0.15, 0.2) is 0 Å². The minimum absolute atomic E-state index is 0.471. The van der Waals surface area contributed by atoms with Crippen LogP contribution in [0.25, 0.3) is 0 Å². The molecule has 3 rings (SSSR count). The second kappa shape index (κ2) is 9.58. The molecule has 146 valence electrons. The van der Waals surface area contributed by atoms with Gasteiger partial charge in [0.2, 0.25) is 0 Å². The Bertz CT molecular complexity index is 708. The molecule has 2 heterocycles. The molecule has 1 aromatic carbocycles. The van der Waals surface area contributed by atoms with E-state index in [1.165, 1.54) is 11.3 Å². The van der Waals surface area contributed by atoms with Crippen molar-refractivity contribution in [1.82, 2.24) is 10.3 Å².